The number of thiophene rings is 1. The zero-order valence-electron chi connectivity index (χ0n) is 18.2. The lowest BCUT2D eigenvalue weighted by atomic mass is 9.88. The molecule has 1 saturated heterocycles. The quantitative estimate of drug-likeness (QED) is 0.202. The van der Waals surface area contributed by atoms with Crippen LogP contribution in [0.4, 0.5) is 0 Å². The Morgan fingerprint density at radius 3 is 2.81 bits per heavy atom. The number of guanidine groups is 1. The van der Waals surface area contributed by atoms with Crippen molar-refractivity contribution < 1.29 is 4.79 Å². The van der Waals surface area contributed by atoms with Crippen LogP contribution in [0.25, 0.3) is 0 Å². The number of likely N-dealkylation sites (tertiary alicyclic amines) is 1. The molecule has 2 aromatic rings. The van der Waals surface area contributed by atoms with Gasteiger partial charge in [-0.2, -0.15) is 0 Å². The Morgan fingerprint density at radius 2 is 2.10 bits per heavy atom. The fourth-order valence-corrected chi connectivity index (χ4v) is 4.85. The molecule has 2 unspecified atom stereocenters. The van der Waals surface area contributed by atoms with Crippen LogP contribution in [0.5, 0.6) is 0 Å². The van der Waals surface area contributed by atoms with Gasteiger partial charge in [0.15, 0.2) is 5.96 Å². The number of rotatable bonds is 8. The molecule has 1 aliphatic heterocycles. The van der Waals surface area contributed by atoms with Crippen molar-refractivity contribution in [3.8, 4) is 0 Å². The van der Waals surface area contributed by atoms with Gasteiger partial charge in [0.25, 0.3) is 5.91 Å². The van der Waals surface area contributed by atoms with Crippen molar-refractivity contribution in [2.75, 3.05) is 39.8 Å². The Balaban J connectivity index is 0.00000341. The van der Waals surface area contributed by atoms with Crippen LogP contribution in [0, 0.1) is 5.92 Å². The number of hydrogen-bond acceptors (Lipinski definition) is 5. The van der Waals surface area contributed by atoms with E-state index in [2.05, 4.69) is 57.3 Å². The zero-order chi connectivity index (χ0) is 21.2. The number of nitrogens with one attached hydrogen (secondary N) is 3. The molecule has 31 heavy (non-hydrogen) atoms. The zero-order valence-corrected chi connectivity index (χ0v) is 21.4. The number of nitrogens with zero attached hydrogens (tertiary/aromatic N) is 3. The lowest BCUT2D eigenvalue weighted by molar-refractivity contribution is 0.0954. The third-order valence-corrected chi connectivity index (χ3v) is 6.24. The van der Waals surface area contributed by atoms with Gasteiger partial charge in [-0.25, -0.2) is 0 Å². The number of pyridine rings is 1. The molecule has 0 aromatic carbocycles. The topological polar surface area (TPSA) is 81.7 Å². The minimum Gasteiger partial charge on any atom is -0.357 e. The number of carbonyl (C=O) groups is 1. The van der Waals surface area contributed by atoms with E-state index in [1.165, 1.54) is 17.7 Å². The van der Waals surface area contributed by atoms with Crippen LogP contribution >= 0.6 is 35.3 Å². The second kappa shape index (κ2) is 13.6. The maximum atomic E-state index is 12.1. The summed E-state index contributed by atoms with van der Waals surface area (Å²) in [7, 11) is 2.22. The number of piperidine rings is 1. The standard InChI is InChI=1S/C22H32N6OS.HI/c1-3-24-22(26-12-11-25-21(29)18-7-4-10-23-15-18)27-16-17-8-5-13-28(2)20(17)19-9-6-14-30-19;/h4,6-7,9-10,14-15,17,20H,3,5,8,11-13,16H2,1-2H3,(H,25,29)(H2,24,26,27);1H. The van der Waals surface area contributed by atoms with Crippen molar-refractivity contribution in [3.05, 3.63) is 52.5 Å². The highest BCUT2D eigenvalue weighted by atomic mass is 127. The van der Waals surface area contributed by atoms with Crippen LogP contribution in [-0.4, -0.2) is 61.5 Å². The third-order valence-electron chi connectivity index (χ3n) is 5.30. The fourth-order valence-electron chi connectivity index (χ4n) is 3.87. The van der Waals surface area contributed by atoms with Crippen molar-refractivity contribution in [1.29, 1.82) is 0 Å². The molecule has 7 nitrogen and oxygen atoms in total. The first-order valence-corrected chi connectivity index (χ1v) is 11.5. The molecule has 1 fully saturated rings. The van der Waals surface area contributed by atoms with Gasteiger partial charge < -0.3 is 16.0 Å². The maximum Gasteiger partial charge on any atom is 0.252 e. The molecule has 2 atom stereocenters. The van der Waals surface area contributed by atoms with E-state index < -0.39 is 0 Å². The molecule has 3 N–H and O–H groups in total. The summed E-state index contributed by atoms with van der Waals surface area (Å²) in [5.74, 6) is 1.19. The molecule has 0 spiro atoms. The summed E-state index contributed by atoms with van der Waals surface area (Å²) in [6.45, 7) is 5.90. The molecule has 2 aromatic heterocycles. The number of hydrogen-bond donors (Lipinski definition) is 3. The molecule has 3 rings (SSSR count). The Bertz CT molecular complexity index is 802. The summed E-state index contributed by atoms with van der Waals surface area (Å²) in [6.07, 6.45) is 5.63. The smallest absolute Gasteiger partial charge is 0.252 e. The van der Waals surface area contributed by atoms with Crippen LogP contribution in [0.15, 0.2) is 47.0 Å². The Kier molecular flexibility index (Phi) is 11.2. The Hall–Kier alpha value is -1.72. The van der Waals surface area contributed by atoms with E-state index in [4.69, 9.17) is 4.99 Å². The van der Waals surface area contributed by atoms with E-state index in [1.807, 2.05) is 11.3 Å². The highest BCUT2D eigenvalue weighted by Gasteiger charge is 2.31. The molecule has 0 saturated carbocycles. The van der Waals surface area contributed by atoms with Gasteiger partial charge in [-0.1, -0.05) is 6.07 Å². The normalized spacial score (nSPS) is 19.4. The van der Waals surface area contributed by atoms with Gasteiger partial charge in [0, 0.05) is 49.5 Å². The van der Waals surface area contributed by atoms with Gasteiger partial charge in [0.1, 0.15) is 0 Å². The lowest BCUT2D eigenvalue weighted by Gasteiger charge is -2.38. The summed E-state index contributed by atoms with van der Waals surface area (Å²) in [6, 6.07) is 8.32. The summed E-state index contributed by atoms with van der Waals surface area (Å²) in [5.41, 5.74) is 0.569. The predicted octanol–water partition coefficient (Wildman–Crippen LogP) is 3.13. The lowest BCUT2D eigenvalue weighted by Crippen LogP contribution is -2.42. The van der Waals surface area contributed by atoms with Crippen LogP contribution in [0.1, 0.15) is 41.0 Å². The first-order valence-electron chi connectivity index (χ1n) is 10.6. The molecule has 1 aliphatic rings. The monoisotopic (exact) mass is 556 g/mol. The first kappa shape index (κ1) is 25.5. The minimum atomic E-state index is -0.115. The van der Waals surface area contributed by atoms with Gasteiger partial charge in [0.2, 0.25) is 0 Å². The van der Waals surface area contributed by atoms with Crippen molar-refractivity contribution in [3.63, 3.8) is 0 Å². The molecule has 9 heteroatoms. The van der Waals surface area contributed by atoms with Crippen LogP contribution in [0.3, 0.4) is 0 Å². The Labute approximate surface area is 206 Å². The van der Waals surface area contributed by atoms with E-state index in [0.717, 1.165) is 25.6 Å². The minimum absolute atomic E-state index is 0. The van der Waals surface area contributed by atoms with Gasteiger partial charge in [-0.3, -0.25) is 19.7 Å². The molecule has 3 heterocycles. The van der Waals surface area contributed by atoms with E-state index in [1.54, 1.807) is 24.5 Å². The highest BCUT2D eigenvalue weighted by molar-refractivity contribution is 14.0. The van der Waals surface area contributed by atoms with Crippen LogP contribution in [0.2, 0.25) is 0 Å². The van der Waals surface area contributed by atoms with Crippen molar-refractivity contribution in [2.24, 2.45) is 10.9 Å². The van der Waals surface area contributed by atoms with Crippen molar-refractivity contribution in [1.82, 2.24) is 25.8 Å². The third kappa shape index (κ3) is 7.73. The van der Waals surface area contributed by atoms with Gasteiger partial charge in [0.05, 0.1) is 5.56 Å². The average molecular weight is 557 g/mol. The van der Waals surface area contributed by atoms with E-state index in [0.29, 0.717) is 30.6 Å². The van der Waals surface area contributed by atoms with E-state index in [9.17, 15) is 4.79 Å². The summed E-state index contributed by atoms with van der Waals surface area (Å²) in [4.78, 5) is 24.8. The number of carbonyl (C=O) groups excluding carboxylic acids is 1. The largest absolute Gasteiger partial charge is 0.357 e. The van der Waals surface area contributed by atoms with E-state index in [-0.39, 0.29) is 29.9 Å². The molecular formula is C22H33IN6OS. The number of halogens is 1. The summed E-state index contributed by atoms with van der Waals surface area (Å²) < 4.78 is 0. The van der Waals surface area contributed by atoms with Crippen LogP contribution in [-0.2, 0) is 0 Å². The molecular weight excluding hydrogens is 523 g/mol. The molecule has 1 amide bonds. The number of aliphatic imine (C=N–C) groups is 1. The van der Waals surface area contributed by atoms with Gasteiger partial charge in [-0.15, -0.1) is 35.3 Å². The van der Waals surface area contributed by atoms with Crippen molar-refractivity contribution >= 4 is 47.2 Å². The molecule has 170 valence electrons. The summed E-state index contributed by atoms with van der Waals surface area (Å²) >= 11 is 1.83. The van der Waals surface area contributed by atoms with Crippen LogP contribution < -0.4 is 16.0 Å². The highest BCUT2D eigenvalue weighted by Crippen LogP contribution is 2.37. The average Bonchev–Trinajstić information content (AvgIpc) is 3.29. The fraction of sp³-hybridized carbons (Fsp3) is 0.500. The number of amides is 1. The van der Waals surface area contributed by atoms with E-state index >= 15 is 0 Å². The SMILES string of the molecule is CCNC(=NCC1CCCN(C)C1c1cccs1)NCCNC(=O)c1cccnc1.I. The Morgan fingerprint density at radius 1 is 1.26 bits per heavy atom. The van der Waals surface area contributed by atoms with Gasteiger partial charge >= 0.3 is 0 Å². The predicted molar refractivity (Wildman–Crippen MR) is 138 cm³/mol. The summed E-state index contributed by atoms with van der Waals surface area (Å²) in [5, 5.41) is 11.7. The molecule has 0 aliphatic carbocycles. The first-order chi connectivity index (χ1) is 14.7. The number of aromatic nitrogens is 1. The second-order valence-electron chi connectivity index (χ2n) is 7.49. The maximum absolute atomic E-state index is 12.1. The molecule has 0 bridgehead atoms. The van der Waals surface area contributed by atoms with Crippen molar-refractivity contribution in [2.45, 2.75) is 25.8 Å². The second-order valence-corrected chi connectivity index (χ2v) is 8.47. The molecule has 0 radical (unpaired) electrons. The van der Waals surface area contributed by atoms with Gasteiger partial charge in [-0.05, 0) is 62.9 Å².